The quantitative estimate of drug-likeness (QED) is 0.656. The Kier molecular flexibility index (Phi) is 4.20. The van der Waals surface area contributed by atoms with Crippen LogP contribution in [0.4, 0.5) is 4.39 Å². The van der Waals surface area contributed by atoms with Gasteiger partial charge >= 0.3 is 0 Å². The highest BCUT2D eigenvalue weighted by molar-refractivity contribution is 6.33. The van der Waals surface area contributed by atoms with Gasteiger partial charge in [-0.05, 0) is 36.1 Å². The zero-order valence-corrected chi connectivity index (χ0v) is 13.4. The molecule has 2 rings (SSSR count). The molecule has 0 fully saturated rings. The van der Waals surface area contributed by atoms with Crippen LogP contribution in [-0.2, 0) is 5.41 Å². The summed E-state index contributed by atoms with van der Waals surface area (Å²) >= 11 is 6.18. The molecule has 0 aliphatic carbocycles. The van der Waals surface area contributed by atoms with Gasteiger partial charge in [0.25, 0.3) is 0 Å². The third kappa shape index (κ3) is 3.16. The summed E-state index contributed by atoms with van der Waals surface area (Å²) in [6.45, 7) is 7.25. The van der Waals surface area contributed by atoms with E-state index in [1.54, 1.807) is 36.4 Å². The number of Topliss-reactive ketones (excluding diaryl/α,β-unsaturated/α-hetero) is 1. The molecule has 0 amide bonds. The van der Waals surface area contributed by atoms with Crippen molar-refractivity contribution in [2.24, 2.45) is 0 Å². The van der Waals surface area contributed by atoms with E-state index in [1.807, 2.05) is 20.8 Å². The van der Waals surface area contributed by atoms with Crippen molar-refractivity contribution in [3.63, 3.8) is 0 Å². The molecule has 1 nitrogen and oxygen atoms in total. The molecular formula is C18H18ClFO. The number of benzene rings is 2. The van der Waals surface area contributed by atoms with E-state index in [-0.39, 0.29) is 11.6 Å². The van der Waals surface area contributed by atoms with E-state index in [2.05, 4.69) is 0 Å². The first-order valence-corrected chi connectivity index (χ1v) is 7.19. The Morgan fingerprint density at radius 1 is 1.10 bits per heavy atom. The van der Waals surface area contributed by atoms with Gasteiger partial charge in [-0.2, -0.15) is 0 Å². The fraction of sp³-hybridized carbons (Fsp3) is 0.278. The highest BCUT2D eigenvalue weighted by Gasteiger charge is 2.24. The molecule has 0 saturated heterocycles. The molecule has 0 bridgehead atoms. The Bertz CT molecular complexity index is 699. The highest BCUT2D eigenvalue weighted by atomic mass is 35.5. The average Bonchev–Trinajstić information content (AvgIpc) is 2.38. The fourth-order valence-corrected chi connectivity index (χ4v) is 2.49. The Balaban J connectivity index is 2.80. The molecule has 21 heavy (non-hydrogen) atoms. The van der Waals surface area contributed by atoms with Crippen molar-refractivity contribution in [3.05, 3.63) is 58.4 Å². The van der Waals surface area contributed by atoms with Crippen LogP contribution in [0.25, 0.3) is 11.1 Å². The van der Waals surface area contributed by atoms with Gasteiger partial charge in [-0.15, -0.1) is 0 Å². The van der Waals surface area contributed by atoms with Gasteiger partial charge < -0.3 is 0 Å². The van der Waals surface area contributed by atoms with Crippen LogP contribution >= 0.6 is 11.6 Å². The molecule has 2 aromatic rings. The topological polar surface area (TPSA) is 17.1 Å². The number of rotatable bonds is 2. The number of carbonyl (C=O) groups excluding carboxylic acids is 1. The van der Waals surface area contributed by atoms with E-state index in [1.165, 1.54) is 6.92 Å². The Morgan fingerprint density at radius 2 is 1.71 bits per heavy atom. The van der Waals surface area contributed by atoms with Crippen LogP contribution in [-0.4, -0.2) is 5.78 Å². The fourth-order valence-electron chi connectivity index (χ4n) is 2.25. The number of carbonyl (C=O) groups is 1. The van der Waals surface area contributed by atoms with Crippen LogP contribution in [0.2, 0.25) is 5.02 Å². The standard InChI is InChI=1S/C18H18ClFO/c1-11(21)12-9-14(13-7-5-6-8-16(13)19)17(20)15(10-12)18(2,3)4/h5-10H,1-4H3. The molecule has 0 unspecified atom stereocenters. The van der Waals surface area contributed by atoms with Crippen LogP contribution < -0.4 is 0 Å². The smallest absolute Gasteiger partial charge is 0.159 e. The van der Waals surface area contributed by atoms with Crippen LogP contribution in [0.15, 0.2) is 36.4 Å². The molecule has 0 aromatic heterocycles. The SMILES string of the molecule is CC(=O)c1cc(-c2ccccc2Cl)c(F)c(C(C)(C)C)c1. The van der Waals surface area contributed by atoms with Gasteiger partial charge in [0.05, 0.1) is 0 Å². The van der Waals surface area contributed by atoms with Crippen molar-refractivity contribution >= 4 is 17.4 Å². The number of halogens is 2. The summed E-state index contributed by atoms with van der Waals surface area (Å²) in [6.07, 6.45) is 0. The second-order valence-electron chi connectivity index (χ2n) is 6.17. The molecule has 3 heteroatoms. The second kappa shape index (κ2) is 5.61. The maximum atomic E-state index is 14.9. The minimum absolute atomic E-state index is 0.0891. The van der Waals surface area contributed by atoms with Crippen LogP contribution in [0.1, 0.15) is 43.6 Å². The van der Waals surface area contributed by atoms with Gasteiger partial charge in [0.2, 0.25) is 0 Å². The zero-order chi connectivity index (χ0) is 15.8. The Hall–Kier alpha value is -1.67. The maximum Gasteiger partial charge on any atom is 0.159 e. The molecule has 0 heterocycles. The Labute approximate surface area is 129 Å². The summed E-state index contributed by atoms with van der Waals surface area (Å²) in [4.78, 5) is 11.7. The lowest BCUT2D eigenvalue weighted by Crippen LogP contribution is -2.15. The summed E-state index contributed by atoms with van der Waals surface area (Å²) < 4.78 is 14.9. The first-order valence-electron chi connectivity index (χ1n) is 6.81. The molecular weight excluding hydrogens is 287 g/mol. The lowest BCUT2D eigenvalue weighted by atomic mass is 9.83. The van der Waals surface area contributed by atoms with Crippen LogP contribution in [0, 0.1) is 5.82 Å². The Morgan fingerprint density at radius 3 is 2.24 bits per heavy atom. The van der Waals surface area contributed by atoms with Gasteiger partial charge in [-0.1, -0.05) is 50.6 Å². The van der Waals surface area contributed by atoms with Gasteiger partial charge in [-0.3, -0.25) is 4.79 Å². The van der Waals surface area contributed by atoms with Crippen LogP contribution in [0.5, 0.6) is 0 Å². The maximum absolute atomic E-state index is 14.9. The molecule has 0 radical (unpaired) electrons. The zero-order valence-electron chi connectivity index (χ0n) is 12.6. The summed E-state index contributed by atoms with van der Waals surface area (Å²) in [5.41, 5.74) is 1.59. The minimum atomic E-state index is -0.397. The lowest BCUT2D eigenvalue weighted by molar-refractivity contribution is 0.101. The van der Waals surface area contributed by atoms with E-state index < -0.39 is 5.41 Å². The highest BCUT2D eigenvalue weighted by Crippen LogP contribution is 2.36. The van der Waals surface area contributed by atoms with Gasteiger partial charge in [0.15, 0.2) is 5.78 Å². The van der Waals surface area contributed by atoms with E-state index in [4.69, 9.17) is 11.6 Å². The van der Waals surface area contributed by atoms with Crippen molar-refractivity contribution in [3.8, 4) is 11.1 Å². The molecule has 2 aromatic carbocycles. The third-order valence-corrected chi connectivity index (χ3v) is 3.78. The second-order valence-corrected chi connectivity index (χ2v) is 6.58. The molecule has 0 N–H and O–H groups in total. The van der Waals surface area contributed by atoms with Crippen molar-refractivity contribution in [1.29, 1.82) is 0 Å². The summed E-state index contributed by atoms with van der Waals surface area (Å²) in [6, 6.07) is 10.3. The normalized spacial score (nSPS) is 11.5. The van der Waals surface area contributed by atoms with Gasteiger partial charge in [0.1, 0.15) is 5.82 Å². The molecule has 0 aliphatic rings. The molecule has 0 aliphatic heterocycles. The largest absolute Gasteiger partial charge is 0.295 e. The number of ketones is 1. The summed E-state index contributed by atoms with van der Waals surface area (Å²) in [5, 5.41) is 0.469. The van der Waals surface area contributed by atoms with Crippen LogP contribution in [0.3, 0.4) is 0 Å². The van der Waals surface area contributed by atoms with Crippen molar-refractivity contribution < 1.29 is 9.18 Å². The van der Waals surface area contributed by atoms with E-state index in [0.29, 0.717) is 27.3 Å². The first-order chi connectivity index (χ1) is 9.71. The average molecular weight is 305 g/mol. The predicted molar refractivity (Wildman–Crippen MR) is 85.6 cm³/mol. The first kappa shape index (κ1) is 15.7. The molecule has 110 valence electrons. The molecule has 0 spiro atoms. The summed E-state index contributed by atoms with van der Waals surface area (Å²) in [5.74, 6) is -0.408. The van der Waals surface area contributed by atoms with Gasteiger partial charge in [0, 0.05) is 21.7 Å². The van der Waals surface area contributed by atoms with E-state index in [9.17, 15) is 9.18 Å². The van der Waals surface area contributed by atoms with Gasteiger partial charge in [-0.25, -0.2) is 4.39 Å². The van der Waals surface area contributed by atoms with E-state index >= 15 is 0 Å². The predicted octanol–water partition coefficient (Wildman–Crippen LogP) is 5.65. The molecule has 0 atom stereocenters. The van der Waals surface area contributed by atoms with Crippen molar-refractivity contribution in [2.75, 3.05) is 0 Å². The molecule has 0 saturated carbocycles. The monoisotopic (exact) mass is 304 g/mol. The third-order valence-electron chi connectivity index (χ3n) is 3.45. The minimum Gasteiger partial charge on any atom is -0.295 e. The van der Waals surface area contributed by atoms with Crippen molar-refractivity contribution in [2.45, 2.75) is 33.1 Å². The lowest BCUT2D eigenvalue weighted by Gasteiger charge is -2.22. The van der Waals surface area contributed by atoms with E-state index in [0.717, 1.165) is 0 Å². The summed E-state index contributed by atoms with van der Waals surface area (Å²) in [7, 11) is 0. The van der Waals surface area contributed by atoms with Crippen molar-refractivity contribution in [1.82, 2.24) is 0 Å². The number of hydrogen-bond donors (Lipinski definition) is 0. The number of hydrogen-bond acceptors (Lipinski definition) is 1.